The molecule has 0 saturated carbocycles. The standard InChI is InChI=1S/C12H25NO/c1-10(2)12(5,14)11(3,4)13-8-6-7-9-13/h10,14H,6-9H2,1-5H3. The molecule has 1 aliphatic rings. The van der Waals surface area contributed by atoms with E-state index in [-0.39, 0.29) is 11.5 Å². The van der Waals surface area contributed by atoms with Crippen molar-refractivity contribution in [3.05, 3.63) is 0 Å². The molecule has 1 saturated heterocycles. The van der Waals surface area contributed by atoms with Crippen molar-refractivity contribution in [2.24, 2.45) is 5.92 Å². The zero-order valence-electron chi connectivity index (χ0n) is 10.3. The molecule has 1 heterocycles. The van der Waals surface area contributed by atoms with Crippen molar-refractivity contribution in [1.29, 1.82) is 0 Å². The maximum Gasteiger partial charge on any atom is 0.0819 e. The lowest BCUT2D eigenvalue weighted by atomic mass is 9.75. The van der Waals surface area contributed by atoms with E-state index in [1.807, 2.05) is 6.92 Å². The van der Waals surface area contributed by atoms with Crippen LogP contribution >= 0.6 is 0 Å². The van der Waals surface area contributed by atoms with E-state index in [2.05, 4.69) is 32.6 Å². The van der Waals surface area contributed by atoms with Gasteiger partial charge in [-0.15, -0.1) is 0 Å². The van der Waals surface area contributed by atoms with Crippen LogP contribution in [0.15, 0.2) is 0 Å². The summed E-state index contributed by atoms with van der Waals surface area (Å²) in [6, 6.07) is 0. The largest absolute Gasteiger partial charge is 0.388 e. The van der Waals surface area contributed by atoms with Crippen molar-refractivity contribution in [3.8, 4) is 0 Å². The summed E-state index contributed by atoms with van der Waals surface area (Å²) >= 11 is 0. The molecule has 2 nitrogen and oxygen atoms in total. The Morgan fingerprint density at radius 2 is 1.50 bits per heavy atom. The lowest BCUT2D eigenvalue weighted by Crippen LogP contribution is -2.60. The smallest absolute Gasteiger partial charge is 0.0819 e. The number of hydrogen-bond donors (Lipinski definition) is 1. The van der Waals surface area contributed by atoms with Crippen LogP contribution in [0.2, 0.25) is 0 Å². The van der Waals surface area contributed by atoms with Gasteiger partial charge in [0, 0.05) is 5.54 Å². The molecule has 0 aromatic rings. The average molecular weight is 199 g/mol. The maximum atomic E-state index is 10.5. The number of hydrogen-bond acceptors (Lipinski definition) is 2. The van der Waals surface area contributed by atoms with Crippen molar-refractivity contribution in [2.45, 2.75) is 58.6 Å². The van der Waals surface area contributed by atoms with Crippen molar-refractivity contribution in [1.82, 2.24) is 4.90 Å². The Balaban J connectivity index is 2.81. The highest BCUT2D eigenvalue weighted by Gasteiger charge is 2.46. The molecule has 0 bridgehead atoms. The van der Waals surface area contributed by atoms with Gasteiger partial charge in [-0.25, -0.2) is 0 Å². The van der Waals surface area contributed by atoms with Gasteiger partial charge in [-0.05, 0) is 52.6 Å². The van der Waals surface area contributed by atoms with E-state index in [0.29, 0.717) is 0 Å². The molecule has 1 atom stereocenters. The molecule has 0 spiro atoms. The highest BCUT2D eigenvalue weighted by molar-refractivity contribution is 5.01. The monoisotopic (exact) mass is 199 g/mol. The fourth-order valence-electron chi connectivity index (χ4n) is 2.30. The lowest BCUT2D eigenvalue weighted by molar-refractivity contribution is -0.107. The van der Waals surface area contributed by atoms with Crippen molar-refractivity contribution < 1.29 is 5.11 Å². The molecule has 0 amide bonds. The van der Waals surface area contributed by atoms with Gasteiger partial charge in [-0.3, -0.25) is 4.90 Å². The summed E-state index contributed by atoms with van der Waals surface area (Å²) < 4.78 is 0. The molecule has 2 heteroatoms. The number of aliphatic hydroxyl groups is 1. The highest BCUT2D eigenvalue weighted by Crippen LogP contribution is 2.35. The minimum Gasteiger partial charge on any atom is -0.388 e. The first-order valence-electron chi connectivity index (χ1n) is 5.77. The second kappa shape index (κ2) is 3.82. The minimum absolute atomic E-state index is 0.113. The molecule has 84 valence electrons. The van der Waals surface area contributed by atoms with E-state index in [1.165, 1.54) is 12.8 Å². The zero-order chi connectivity index (χ0) is 11.0. The quantitative estimate of drug-likeness (QED) is 0.753. The van der Waals surface area contributed by atoms with E-state index in [1.54, 1.807) is 0 Å². The third-order valence-electron chi connectivity index (χ3n) is 4.26. The molecule has 1 N–H and O–H groups in total. The van der Waals surface area contributed by atoms with Crippen molar-refractivity contribution in [3.63, 3.8) is 0 Å². The Labute approximate surface area is 88.3 Å². The Morgan fingerprint density at radius 3 is 1.86 bits per heavy atom. The van der Waals surface area contributed by atoms with E-state index in [0.717, 1.165) is 13.1 Å². The molecular formula is C12H25NO. The SMILES string of the molecule is CC(C)C(C)(O)C(C)(C)N1CCCC1. The number of nitrogens with zero attached hydrogens (tertiary/aromatic N) is 1. The minimum atomic E-state index is -0.614. The van der Waals surface area contributed by atoms with E-state index in [4.69, 9.17) is 0 Å². The summed E-state index contributed by atoms with van der Waals surface area (Å²) in [4.78, 5) is 2.42. The fourth-order valence-corrected chi connectivity index (χ4v) is 2.30. The first-order valence-corrected chi connectivity index (χ1v) is 5.77. The van der Waals surface area contributed by atoms with Crippen LogP contribution in [0.3, 0.4) is 0 Å². The van der Waals surface area contributed by atoms with Gasteiger partial charge in [0.25, 0.3) is 0 Å². The van der Waals surface area contributed by atoms with E-state index < -0.39 is 5.60 Å². The van der Waals surface area contributed by atoms with Crippen LogP contribution in [-0.4, -0.2) is 34.2 Å². The maximum absolute atomic E-state index is 10.5. The molecule has 1 rings (SSSR count). The molecule has 1 aliphatic heterocycles. The first kappa shape index (κ1) is 12.0. The fraction of sp³-hybridized carbons (Fsp3) is 1.00. The summed E-state index contributed by atoms with van der Waals surface area (Å²) in [5.41, 5.74) is -0.727. The summed E-state index contributed by atoms with van der Waals surface area (Å²) in [5.74, 6) is 0.290. The molecule has 0 aromatic heterocycles. The van der Waals surface area contributed by atoms with Gasteiger partial charge >= 0.3 is 0 Å². The van der Waals surface area contributed by atoms with Gasteiger partial charge in [0.2, 0.25) is 0 Å². The second-order valence-electron chi connectivity index (χ2n) is 5.56. The van der Waals surface area contributed by atoms with Gasteiger partial charge in [0.1, 0.15) is 0 Å². The molecule has 0 aromatic carbocycles. The Kier molecular flexibility index (Phi) is 3.27. The Morgan fingerprint density at radius 1 is 1.07 bits per heavy atom. The Hall–Kier alpha value is -0.0800. The predicted octanol–water partition coefficient (Wildman–Crippen LogP) is 2.27. The van der Waals surface area contributed by atoms with Crippen LogP contribution in [0, 0.1) is 5.92 Å². The third kappa shape index (κ3) is 1.82. The van der Waals surface area contributed by atoms with Gasteiger partial charge in [0.15, 0.2) is 0 Å². The second-order valence-corrected chi connectivity index (χ2v) is 5.56. The lowest BCUT2D eigenvalue weighted by Gasteiger charge is -2.48. The molecule has 0 radical (unpaired) electrons. The molecule has 1 fully saturated rings. The average Bonchev–Trinajstić information content (AvgIpc) is 2.55. The molecule has 0 aliphatic carbocycles. The van der Waals surface area contributed by atoms with Crippen LogP contribution < -0.4 is 0 Å². The number of likely N-dealkylation sites (tertiary alicyclic amines) is 1. The summed E-state index contributed by atoms with van der Waals surface area (Å²) in [5, 5.41) is 10.5. The van der Waals surface area contributed by atoms with Crippen LogP contribution in [0.1, 0.15) is 47.5 Å². The van der Waals surface area contributed by atoms with Crippen LogP contribution in [0.25, 0.3) is 0 Å². The summed E-state index contributed by atoms with van der Waals surface area (Å²) in [6.07, 6.45) is 2.55. The normalized spacial score (nSPS) is 24.2. The van der Waals surface area contributed by atoms with Crippen LogP contribution in [0.4, 0.5) is 0 Å². The topological polar surface area (TPSA) is 23.5 Å². The molecule has 1 unspecified atom stereocenters. The first-order chi connectivity index (χ1) is 6.30. The van der Waals surface area contributed by atoms with Gasteiger partial charge in [-0.2, -0.15) is 0 Å². The number of rotatable bonds is 3. The van der Waals surface area contributed by atoms with Crippen LogP contribution in [0.5, 0.6) is 0 Å². The predicted molar refractivity (Wildman–Crippen MR) is 60.3 cm³/mol. The van der Waals surface area contributed by atoms with Gasteiger partial charge < -0.3 is 5.11 Å². The highest BCUT2D eigenvalue weighted by atomic mass is 16.3. The van der Waals surface area contributed by atoms with Crippen LogP contribution in [-0.2, 0) is 0 Å². The Bertz CT molecular complexity index is 190. The third-order valence-corrected chi connectivity index (χ3v) is 4.26. The summed E-state index contributed by atoms with van der Waals surface area (Å²) in [7, 11) is 0. The van der Waals surface area contributed by atoms with Gasteiger partial charge in [-0.1, -0.05) is 13.8 Å². The zero-order valence-corrected chi connectivity index (χ0v) is 10.3. The van der Waals surface area contributed by atoms with E-state index in [9.17, 15) is 5.11 Å². The summed E-state index contributed by atoms with van der Waals surface area (Å²) in [6.45, 7) is 12.8. The van der Waals surface area contributed by atoms with Crippen molar-refractivity contribution >= 4 is 0 Å². The van der Waals surface area contributed by atoms with E-state index >= 15 is 0 Å². The molecular weight excluding hydrogens is 174 g/mol. The van der Waals surface area contributed by atoms with Crippen molar-refractivity contribution in [2.75, 3.05) is 13.1 Å². The van der Waals surface area contributed by atoms with Gasteiger partial charge in [0.05, 0.1) is 5.60 Å². The molecule has 14 heavy (non-hydrogen) atoms.